The standard InChI is InChI=1S/C9H12FNO2/c1-6(11-13-2)8-4-3-7(10)5-9(8)12/h3-6,11-12H,1-2H3. The number of hydrogen-bond acceptors (Lipinski definition) is 3. The van der Waals surface area contributed by atoms with Crippen LogP contribution < -0.4 is 5.48 Å². The van der Waals surface area contributed by atoms with Crippen LogP contribution in [0.3, 0.4) is 0 Å². The smallest absolute Gasteiger partial charge is 0.126 e. The van der Waals surface area contributed by atoms with E-state index in [0.717, 1.165) is 6.07 Å². The van der Waals surface area contributed by atoms with Crippen LogP contribution in [0.1, 0.15) is 18.5 Å². The zero-order valence-electron chi connectivity index (χ0n) is 7.54. The quantitative estimate of drug-likeness (QED) is 0.705. The average Bonchev–Trinajstić information content (AvgIpc) is 2.04. The molecule has 0 bridgehead atoms. The Morgan fingerprint density at radius 2 is 2.23 bits per heavy atom. The van der Waals surface area contributed by atoms with Gasteiger partial charge in [-0.3, -0.25) is 0 Å². The van der Waals surface area contributed by atoms with Gasteiger partial charge in [0.25, 0.3) is 0 Å². The minimum Gasteiger partial charge on any atom is -0.508 e. The molecule has 0 aliphatic rings. The van der Waals surface area contributed by atoms with Crippen molar-refractivity contribution < 1.29 is 14.3 Å². The Hall–Kier alpha value is -1.13. The lowest BCUT2D eigenvalue weighted by Crippen LogP contribution is -2.16. The van der Waals surface area contributed by atoms with E-state index in [-0.39, 0.29) is 11.8 Å². The first-order chi connectivity index (χ1) is 6.15. The first-order valence-electron chi connectivity index (χ1n) is 3.92. The molecule has 0 aliphatic heterocycles. The fourth-order valence-electron chi connectivity index (χ4n) is 1.12. The van der Waals surface area contributed by atoms with Gasteiger partial charge in [0.1, 0.15) is 11.6 Å². The van der Waals surface area contributed by atoms with Gasteiger partial charge in [-0.1, -0.05) is 6.07 Å². The molecule has 1 aromatic rings. The number of benzene rings is 1. The third-order valence-corrected chi connectivity index (χ3v) is 1.75. The maximum absolute atomic E-state index is 12.6. The van der Waals surface area contributed by atoms with E-state index in [4.69, 9.17) is 0 Å². The fourth-order valence-corrected chi connectivity index (χ4v) is 1.12. The normalized spacial score (nSPS) is 12.8. The van der Waals surface area contributed by atoms with E-state index in [2.05, 4.69) is 10.3 Å². The van der Waals surface area contributed by atoms with Crippen molar-refractivity contribution >= 4 is 0 Å². The molecule has 4 heteroatoms. The van der Waals surface area contributed by atoms with Crippen LogP contribution in [0.4, 0.5) is 4.39 Å². The Labute approximate surface area is 76.1 Å². The van der Waals surface area contributed by atoms with Gasteiger partial charge in [0.05, 0.1) is 13.2 Å². The number of hydrogen-bond donors (Lipinski definition) is 2. The van der Waals surface area contributed by atoms with Crippen molar-refractivity contribution in [2.45, 2.75) is 13.0 Å². The van der Waals surface area contributed by atoms with Crippen LogP contribution in [0.25, 0.3) is 0 Å². The fraction of sp³-hybridized carbons (Fsp3) is 0.333. The van der Waals surface area contributed by atoms with Crippen LogP contribution in [0.15, 0.2) is 18.2 Å². The Balaban J connectivity index is 2.88. The zero-order valence-corrected chi connectivity index (χ0v) is 7.54. The molecule has 0 spiro atoms. The molecule has 0 aliphatic carbocycles. The lowest BCUT2D eigenvalue weighted by atomic mass is 10.1. The number of aromatic hydroxyl groups is 1. The summed E-state index contributed by atoms with van der Waals surface area (Å²) in [7, 11) is 1.48. The summed E-state index contributed by atoms with van der Waals surface area (Å²) in [6.07, 6.45) is 0. The number of phenolic OH excluding ortho intramolecular Hbond substituents is 1. The highest BCUT2D eigenvalue weighted by Gasteiger charge is 2.09. The summed E-state index contributed by atoms with van der Waals surface area (Å²) < 4.78 is 12.6. The van der Waals surface area contributed by atoms with Crippen molar-refractivity contribution in [3.05, 3.63) is 29.6 Å². The number of phenols is 1. The van der Waals surface area contributed by atoms with E-state index in [1.807, 2.05) is 0 Å². The van der Waals surface area contributed by atoms with Gasteiger partial charge in [0, 0.05) is 11.6 Å². The van der Waals surface area contributed by atoms with Crippen molar-refractivity contribution in [1.29, 1.82) is 0 Å². The summed E-state index contributed by atoms with van der Waals surface area (Å²) >= 11 is 0. The summed E-state index contributed by atoms with van der Waals surface area (Å²) in [4.78, 5) is 4.69. The molecule has 1 rings (SSSR count). The summed E-state index contributed by atoms with van der Waals surface area (Å²) in [5.74, 6) is -0.525. The molecule has 0 radical (unpaired) electrons. The minimum absolute atomic E-state index is 0.0722. The predicted octanol–water partition coefficient (Wildman–Crippen LogP) is 1.74. The van der Waals surface area contributed by atoms with E-state index in [1.54, 1.807) is 6.92 Å². The van der Waals surface area contributed by atoms with Crippen LogP contribution in [-0.4, -0.2) is 12.2 Å². The van der Waals surface area contributed by atoms with E-state index in [1.165, 1.54) is 19.2 Å². The van der Waals surface area contributed by atoms with Crippen molar-refractivity contribution in [1.82, 2.24) is 5.48 Å². The third-order valence-electron chi connectivity index (χ3n) is 1.75. The van der Waals surface area contributed by atoms with Gasteiger partial charge in [-0.15, -0.1) is 0 Å². The Kier molecular flexibility index (Phi) is 3.22. The molecule has 13 heavy (non-hydrogen) atoms. The van der Waals surface area contributed by atoms with Crippen molar-refractivity contribution in [2.75, 3.05) is 7.11 Å². The molecule has 2 N–H and O–H groups in total. The molecule has 1 aromatic carbocycles. The molecular formula is C9H12FNO2. The number of hydroxylamine groups is 1. The molecule has 0 saturated carbocycles. The molecule has 1 atom stereocenters. The molecule has 0 saturated heterocycles. The monoisotopic (exact) mass is 185 g/mol. The molecule has 0 amide bonds. The van der Waals surface area contributed by atoms with Crippen LogP contribution in [0, 0.1) is 5.82 Å². The highest BCUT2D eigenvalue weighted by Crippen LogP contribution is 2.24. The zero-order chi connectivity index (χ0) is 9.84. The van der Waals surface area contributed by atoms with Gasteiger partial charge < -0.3 is 9.94 Å². The molecule has 0 aromatic heterocycles. The van der Waals surface area contributed by atoms with Crippen molar-refractivity contribution in [3.8, 4) is 5.75 Å². The van der Waals surface area contributed by atoms with Crippen LogP contribution in [-0.2, 0) is 4.84 Å². The number of halogens is 1. The maximum atomic E-state index is 12.6. The summed E-state index contributed by atoms with van der Waals surface area (Å²) in [6, 6.07) is 3.71. The summed E-state index contributed by atoms with van der Waals surface area (Å²) in [5.41, 5.74) is 3.24. The maximum Gasteiger partial charge on any atom is 0.126 e. The number of rotatable bonds is 3. The largest absolute Gasteiger partial charge is 0.508 e. The van der Waals surface area contributed by atoms with Gasteiger partial charge in [0.2, 0.25) is 0 Å². The van der Waals surface area contributed by atoms with Crippen molar-refractivity contribution in [2.24, 2.45) is 0 Å². The van der Waals surface area contributed by atoms with Crippen molar-refractivity contribution in [3.63, 3.8) is 0 Å². The second-order valence-corrected chi connectivity index (χ2v) is 2.75. The number of nitrogens with one attached hydrogen (secondary N) is 1. The van der Waals surface area contributed by atoms with Gasteiger partial charge in [-0.25, -0.2) is 4.39 Å². The third kappa shape index (κ3) is 2.40. The predicted molar refractivity (Wildman–Crippen MR) is 46.6 cm³/mol. The Morgan fingerprint density at radius 3 is 2.77 bits per heavy atom. The Bertz CT molecular complexity index is 291. The first-order valence-corrected chi connectivity index (χ1v) is 3.92. The lowest BCUT2D eigenvalue weighted by molar-refractivity contribution is 0.0651. The van der Waals surface area contributed by atoms with Crippen LogP contribution in [0.2, 0.25) is 0 Å². The summed E-state index contributed by atoms with van der Waals surface area (Å²) in [5, 5.41) is 9.35. The minimum atomic E-state index is -0.453. The van der Waals surface area contributed by atoms with E-state index >= 15 is 0 Å². The lowest BCUT2D eigenvalue weighted by Gasteiger charge is -2.13. The Morgan fingerprint density at radius 1 is 1.54 bits per heavy atom. The van der Waals surface area contributed by atoms with Gasteiger partial charge in [0.15, 0.2) is 0 Å². The average molecular weight is 185 g/mol. The highest BCUT2D eigenvalue weighted by atomic mass is 19.1. The van der Waals surface area contributed by atoms with Crippen LogP contribution >= 0.6 is 0 Å². The van der Waals surface area contributed by atoms with Gasteiger partial charge in [-0.2, -0.15) is 5.48 Å². The SMILES string of the molecule is CONC(C)c1ccc(F)cc1O. The van der Waals surface area contributed by atoms with Gasteiger partial charge >= 0.3 is 0 Å². The van der Waals surface area contributed by atoms with Crippen LogP contribution in [0.5, 0.6) is 5.75 Å². The second kappa shape index (κ2) is 4.20. The molecule has 1 unspecified atom stereocenters. The van der Waals surface area contributed by atoms with E-state index in [0.29, 0.717) is 5.56 Å². The molecule has 72 valence electrons. The topological polar surface area (TPSA) is 41.5 Å². The molecular weight excluding hydrogens is 173 g/mol. The molecule has 3 nitrogen and oxygen atoms in total. The second-order valence-electron chi connectivity index (χ2n) is 2.75. The molecule has 0 heterocycles. The van der Waals surface area contributed by atoms with Gasteiger partial charge in [-0.05, 0) is 13.0 Å². The first kappa shape index (κ1) is 9.95. The molecule has 0 fully saturated rings. The van der Waals surface area contributed by atoms with E-state index < -0.39 is 5.82 Å². The highest BCUT2D eigenvalue weighted by molar-refractivity contribution is 5.34. The summed E-state index contributed by atoms with van der Waals surface area (Å²) in [6.45, 7) is 1.80. The van der Waals surface area contributed by atoms with E-state index in [9.17, 15) is 9.50 Å².